The van der Waals surface area contributed by atoms with Crippen molar-refractivity contribution in [3.05, 3.63) is 24.0 Å². The van der Waals surface area contributed by atoms with E-state index in [2.05, 4.69) is 4.72 Å². The summed E-state index contributed by atoms with van der Waals surface area (Å²) in [5.41, 5.74) is 5.29. The maximum absolute atomic E-state index is 13.5. The van der Waals surface area contributed by atoms with Crippen molar-refractivity contribution in [1.82, 2.24) is 4.72 Å². The molecule has 0 aliphatic rings. The molecule has 0 spiro atoms. The first kappa shape index (κ1) is 14.9. The molecule has 1 unspecified atom stereocenters. The van der Waals surface area contributed by atoms with Crippen molar-refractivity contribution in [2.24, 2.45) is 5.92 Å². The molecule has 0 amide bonds. The third-order valence-electron chi connectivity index (χ3n) is 2.52. The summed E-state index contributed by atoms with van der Waals surface area (Å²) in [6.45, 7) is 3.31. The van der Waals surface area contributed by atoms with Gasteiger partial charge in [-0.3, -0.25) is 0 Å². The first-order valence-corrected chi connectivity index (χ1v) is 6.95. The third-order valence-corrected chi connectivity index (χ3v) is 4.03. The van der Waals surface area contributed by atoms with Crippen LogP contribution in [0.25, 0.3) is 0 Å². The molecule has 0 aliphatic heterocycles. The number of hydrogen-bond donors (Lipinski definition) is 3. The van der Waals surface area contributed by atoms with E-state index in [4.69, 9.17) is 5.73 Å². The minimum atomic E-state index is -4.06. The smallest absolute Gasteiger partial charge is 0.245 e. The molecule has 1 aromatic rings. The van der Waals surface area contributed by atoms with E-state index in [9.17, 15) is 17.9 Å². The zero-order valence-corrected chi connectivity index (χ0v) is 11.0. The summed E-state index contributed by atoms with van der Waals surface area (Å²) < 4.78 is 39.3. The van der Waals surface area contributed by atoms with Crippen molar-refractivity contribution in [1.29, 1.82) is 0 Å². The molecular formula is C11H17FN2O3S. The Morgan fingerprint density at radius 3 is 2.56 bits per heavy atom. The number of halogens is 1. The molecule has 1 atom stereocenters. The SMILES string of the molecule is CC(C)C(O)CNS(=O)(=O)c1c(N)cccc1F. The quantitative estimate of drug-likeness (QED) is 0.690. The molecule has 0 aromatic heterocycles. The predicted octanol–water partition coefficient (Wildman–Crippen LogP) is 0.703. The Labute approximate surface area is 106 Å². The summed E-state index contributed by atoms with van der Waals surface area (Å²) in [7, 11) is -4.06. The van der Waals surface area contributed by atoms with Gasteiger partial charge in [0.25, 0.3) is 0 Å². The maximum atomic E-state index is 13.5. The van der Waals surface area contributed by atoms with Crippen molar-refractivity contribution >= 4 is 15.7 Å². The van der Waals surface area contributed by atoms with Gasteiger partial charge in [-0.15, -0.1) is 0 Å². The summed E-state index contributed by atoms with van der Waals surface area (Å²) in [6.07, 6.45) is -0.840. The Kier molecular flexibility index (Phi) is 4.66. The predicted molar refractivity (Wildman–Crippen MR) is 66.8 cm³/mol. The number of hydrogen-bond acceptors (Lipinski definition) is 4. The maximum Gasteiger partial charge on any atom is 0.245 e. The van der Waals surface area contributed by atoms with Crippen LogP contribution in [-0.2, 0) is 10.0 Å². The molecule has 4 N–H and O–H groups in total. The Morgan fingerprint density at radius 2 is 2.06 bits per heavy atom. The normalized spacial score (nSPS) is 13.8. The monoisotopic (exact) mass is 276 g/mol. The first-order chi connectivity index (χ1) is 8.25. The number of aliphatic hydroxyl groups excluding tert-OH is 1. The molecule has 0 aliphatic carbocycles. The highest BCUT2D eigenvalue weighted by atomic mass is 32.2. The van der Waals surface area contributed by atoms with Gasteiger partial charge in [-0.2, -0.15) is 0 Å². The van der Waals surface area contributed by atoms with Crippen LogP contribution in [0.3, 0.4) is 0 Å². The first-order valence-electron chi connectivity index (χ1n) is 5.47. The van der Waals surface area contributed by atoms with E-state index >= 15 is 0 Å². The van der Waals surface area contributed by atoms with Crippen LogP contribution in [0.15, 0.2) is 23.1 Å². The topological polar surface area (TPSA) is 92.4 Å². The zero-order valence-electron chi connectivity index (χ0n) is 10.2. The molecular weight excluding hydrogens is 259 g/mol. The molecule has 0 fully saturated rings. The van der Waals surface area contributed by atoms with Crippen LogP contribution >= 0.6 is 0 Å². The fraction of sp³-hybridized carbons (Fsp3) is 0.455. The van der Waals surface area contributed by atoms with E-state index in [1.54, 1.807) is 13.8 Å². The lowest BCUT2D eigenvalue weighted by molar-refractivity contribution is 0.129. The number of aliphatic hydroxyl groups is 1. The second kappa shape index (κ2) is 5.64. The van der Waals surface area contributed by atoms with Gasteiger partial charge < -0.3 is 10.8 Å². The lowest BCUT2D eigenvalue weighted by Crippen LogP contribution is -2.35. The molecule has 0 radical (unpaired) electrons. The van der Waals surface area contributed by atoms with E-state index in [1.165, 1.54) is 12.1 Å². The number of rotatable bonds is 5. The van der Waals surface area contributed by atoms with Crippen molar-refractivity contribution in [3.63, 3.8) is 0 Å². The Bertz CT molecular complexity index is 497. The van der Waals surface area contributed by atoms with Crippen LogP contribution < -0.4 is 10.5 Å². The van der Waals surface area contributed by atoms with E-state index in [0.717, 1.165) is 6.07 Å². The van der Waals surface area contributed by atoms with Crippen molar-refractivity contribution in [3.8, 4) is 0 Å². The molecule has 5 nitrogen and oxygen atoms in total. The Hall–Kier alpha value is -1.18. The molecule has 0 bridgehead atoms. The summed E-state index contributed by atoms with van der Waals surface area (Å²) >= 11 is 0. The number of sulfonamides is 1. The lowest BCUT2D eigenvalue weighted by Gasteiger charge is -2.16. The molecule has 1 aromatic carbocycles. The van der Waals surface area contributed by atoms with Gasteiger partial charge in [-0.25, -0.2) is 17.5 Å². The molecule has 18 heavy (non-hydrogen) atoms. The van der Waals surface area contributed by atoms with Gasteiger partial charge in [-0.1, -0.05) is 19.9 Å². The second-order valence-electron chi connectivity index (χ2n) is 4.32. The lowest BCUT2D eigenvalue weighted by atomic mass is 10.1. The van der Waals surface area contributed by atoms with E-state index in [0.29, 0.717) is 0 Å². The summed E-state index contributed by atoms with van der Waals surface area (Å²) in [5, 5.41) is 9.52. The molecule has 0 saturated carbocycles. The van der Waals surface area contributed by atoms with Crippen LogP contribution in [-0.4, -0.2) is 26.2 Å². The van der Waals surface area contributed by atoms with Crippen LogP contribution in [0.2, 0.25) is 0 Å². The van der Waals surface area contributed by atoms with Gasteiger partial charge in [-0.05, 0) is 18.1 Å². The van der Waals surface area contributed by atoms with Crippen LogP contribution in [0, 0.1) is 11.7 Å². The largest absolute Gasteiger partial charge is 0.398 e. The molecule has 102 valence electrons. The van der Waals surface area contributed by atoms with Gasteiger partial charge in [0.15, 0.2) is 0 Å². The van der Waals surface area contributed by atoms with Crippen molar-refractivity contribution in [2.75, 3.05) is 12.3 Å². The molecule has 1 rings (SSSR count). The number of benzene rings is 1. The van der Waals surface area contributed by atoms with Crippen LogP contribution in [0.1, 0.15) is 13.8 Å². The Balaban J connectivity index is 2.94. The highest BCUT2D eigenvalue weighted by molar-refractivity contribution is 7.89. The molecule has 7 heteroatoms. The summed E-state index contributed by atoms with van der Waals surface area (Å²) in [4.78, 5) is -0.582. The average molecular weight is 276 g/mol. The van der Waals surface area contributed by atoms with Crippen LogP contribution in [0.5, 0.6) is 0 Å². The number of nitrogen functional groups attached to an aromatic ring is 1. The Morgan fingerprint density at radius 1 is 1.44 bits per heavy atom. The van der Waals surface area contributed by atoms with Crippen molar-refractivity contribution < 1.29 is 17.9 Å². The van der Waals surface area contributed by atoms with Gasteiger partial charge in [0, 0.05) is 6.54 Å². The number of anilines is 1. The molecule has 0 heterocycles. The van der Waals surface area contributed by atoms with Gasteiger partial charge in [0.2, 0.25) is 10.0 Å². The fourth-order valence-corrected chi connectivity index (χ4v) is 2.55. The number of nitrogens with one attached hydrogen (secondary N) is 1. The highest BCUT2D eigenvalue weighted by Crippen LogP contribution is 2.21. The molecule has 0 saturated heterocycles. The minimum Gasteiger partial charge on any atom is -0.398 e. The standard InChI is InChI=1S/C11H17FN2O3S/c1-7(2)10(15)6-14-18(16,17)11-8(12)4-3-5-9(11)13/h3-5,7,10,14-15H,6,13H2,1-2H3. The second-order valence-corrected chi connectivity index (χ2v) is 6.03. The summed E-state index contributed by atoms with van der Waals surface area (Å²) in [6, 6.07) is 3.65. The van der Waals surface area contributed by atoms with E-state index < -0.39 is 26.8 Å². The van der Waals surface area contributed by atoms with E-state index in [-0.39, 0.29) is 18.2 Å². The average Bonchev–Trinajstić information content (AvgIpc) is 2.25. The van der Waals surface area contributed by atoms with Crippen LogP contribution in [0.4, 0.5) is 10.1 Å². The van der Waals surface area contributed by atoms with E-state index in [1.807, 2.05) is 0 Å². The highest BCUT2D eigenvalue weighted by Gasteiger charge is 2.23. The van der Waals surface area contributed by atoms with Gasteiger partial charge in [0.1, 0.15) is 10.7 Å². The van der Waals surface area contributed by atoms with Gasteiger partial charge in [0.05, 0.1) is 11.8 Å². The van der Waals surface area contributed by atoms with Gasteiger partial charge >= 0.3 is 0 Å². The van der Waals surface area contributed by atoms with Crippen molar-refractivity contribution in [2.45, 2.75) is 24.8 Å². The zero-order chi connectivity index (χ0) is 13.9. The fourth-order valence-electron chi connectivity index (χ4n) is 1.31. The minimum absolute atomic E-state index is 0.106. The summed E-state index contributed by atoms with van der Waals surface area (Å²) in [5.74, 6) is -1.02. The number of nitrogens with two attached hydrogens (primary N) is 1. The third kappa shape index (κ3) is 3.41.